The summed E-state index contributed by atoms with van der Waals surface area (Å²) in [6, 6.07) is 7.09. The first kappa shape index (κ1) is 13.2. The maximum Gasteiger partial charge on any atom is 0.292 e. The molecule has 1 aliphatic carbocycles. The minimum Gasteiger partial charge on any atom is -0.428 e. The van der Waals surface area contributed by atoms with Crippen molar-refractivity contribution in [1.82, 2.24) is 4.73 Å². The topological polar surface area (TPSA) is 48.1 Å². The van der Waals surface area contributed by atoms with Gasteiger partial charge in [0.1, 0.15) is 11.4 Å². The van der Waals surface area contributed by atoms with Gasteiger partial charge in [-0.05, 0) is 50.5 Å². The van der Waals surface area contributed by atoms with Gasteiger partial charge in [0, 0.05) is 16.4 Å². The van der Waals surface area contributed by atoms with Crippen molar-refractivity contribution in [3.63, 3.8) is 0 Å². The molecule has 1 N–H and O–H groups in total. The molecule has 0 amide bonds. The van der Waals surface area contributed by atoms with Gasteiger partial charge in [-0.1, -0.05) is 11.6 Å². The molecule has 1 heterocycles. The molecule has 0 unspecified atom stereocenters. The Hall–Kier alpha value is -1.81. The minimum absolute atomic E-state index is 0.491. The molecule has 20 heavy (non-hydrogen) atoms. The number of nitrogens with zero attached hydrogens (tertiary/aromatic N) is 2. The highest BCUT2D eigenvalue weighted by Gasteiger charge is 2.30. The predicted octanol–water partition coefficient (Wildman–Crippen LogP) is 3.15. The lowest BCUT2D eigenvalue weighted by molar-refractivity contribution is -0.496. The van der Waals surface area contributed by atoms with E-state index < -0.39 is 0 Å². The quantitative estimate of drug-likeness (QED) is 0.648. The number of aromatic nitrogens is 2. The number of hydrogen-bond donors (Lipinski definition) is 1. The van der Waals surface area contributed by atoms with E-state index in [0.29, 0.717) is 28.5 Å². The standard InChI is InChI=1S/C15H16ClN2O2/c1-10-15(11-6-8-12(16)9-7-11)18(20)14-5-3-2-4-13(14)17(10)19/h6-9,19H,2-5H2,1H3/q+1. The summed E-state index contributed by atoms with van der Waals surface area (Å²) in [5, 5.41) is 10.9. The number of fused-ring (bicyclic) bond motifs is 1. The van der Waals surface area contributed by atoms with Crippen LogP contribution in [0.3, 0.4) is 0 Å². The fraction of sp³-hybridized carbons (Fsp3) is 0.333. The van der Waals surface area contributed by atoms with Crippen molar-refractivity contribution in [1.29, 1.82) is 0 Å². The Morgan fingerprint density at radius 3 is 2.55 bits per heavy atom. The number of halogens is 1. The molecule has 2 aromatic rings. The van der Waals surface area contributed by atoms with Gasteiger partial charge in [0.25, 0.3) is 11.4 Å². The molecule has 0 aliphatic heterocycles. The summed E-state index contributed by atoms with van der Waals surface area (Å²) in [6.45, 7) is 1.76. The molecule has 0 bridgehead atoms. The normalized spacial score (nSPS) is 14.1. The molecule has 0 radical (unpaired) electrons. The highest BCUT2D eigenvalue weighted by Crippen LogP contribution is 2.25. The summed E-state index contributed by atoms with van der Waals surface area (Å²) in [5.41, 5.74) is 3.22. The van der Waals surface area contributed by atoms with Crippen molar-refractivity contribution < 1.29 is 9.63 Å². The molecule has 3 rings (SSSR count). The molecule has 1 aliphatic rings. The van der Waals surface area contributed by atoms with Gasteiger partial charge in [0.05, 0.1) is 9.99 Å². The van der Waals surface area contributed by atoms with E-state index in [9.17, 15) is 10.1 Å². The zero-order chi connectivity index (χ0) is 14.3. The van der Waals surface area contributed by atoms with E-state index in [4.69, 9.17) is 11.6 Å². The molecule has 5 heteroatoms. The maximum absolute atomic E-state index is 12.6. The first-order valence-corrected chi connectivity index (χ1v) is 7.12. The first-order valence-electron chi connectivity index (χ1n) is 6.74. The van der Waals surface area contributed by atoms with E-state index in [1.807, 2.05) is 0 Å². The van der Waals surface area contributed by atoms with Crippen molar-refractivity contribution in [2.75, 3.05) is 0 Å². The van der Waals surface area contributed by atoms with Crippen LogP contribution in [0.2, 0.25) is 5.02 Å². The molecule has 0 atom stereocenters. The Morgan fingerprint density at radius 1 is 1.20 bits per heavy atom. The number of rotatable bonds is 1. The van der Waals surface area contributed by atoms with Gasteiger partial charge in [-0.15, -0.1) is 0 Å². The van der Waals surface area contributed by atoms with E-state index in [1.165, 1.54) is 4.73 Å². The van der Waals surface area contributed by atoms with E-state index >= 15 is 0 Å². The molecule has 4 nitrogen and oxygen atoms in total. The molecule has 1 aromatic heterocycles. The van der Waals surface area contributed by atoms with Crippen LogP contribution < -0.4 is 4.43 Å². The Bertz CT molecular complexity index is 720. The lowest BCUT2D eigenvalue weighted by Gasteiger charge is -2.15. The summed E-state index contributed by atoms with van der Waals surface area (Å²) >= 11 is 5.89. The molecule has 0 fully saturated rings. The van der Waals surface area contributed by atoms with Gasteiger partial charge in [0.15, 0.2) is 0 Å². The van der Waals surface area contributed by atoms with Gasteiger partial charge in [-0.25, -0.2) is 0 Å². The van der Waals surface area contributed by atoms with E-state index in [0.717, 1.165) is 34.9 Å². The summed E-state index contributed by atoms with van der Waals surface area (Å²) in [4.78, 5) is 12.6. The van der Waals surface area contributed by atoms with Gasteiger partial charge >= 0.3 is 0 Å². The Kier molecular flexibility index (Phi) is 3.26. The van der Waals surface area contributed by atoms with E-state index in [1.54, 1.807) is 31.2 Å². The van der Waals surface area contributed by atoms with Crippen LogP contribution in [-0.4, -0.2) is 9.94 Å². The third-order valence-electron chi connectivity index (χ3n) is 3.89. The fourth-order valence-electron chi connectivity index (χ4n) is 2.84. The van der Waals surface area contributed by atoms with Gasteiger partial charge in [-0.3, -0.25) is 0 Å². The second-order valence-corrected chi connectivity index (χ2v) is 5.58. The highest BCUT2D eigenvalue weighted by atomic mass is 35.5. The average molecular weight is 292 g/mol. The van der Waals surface area contributed by atoms with Gasteiger partial charge in [0.2, 0.25) is 0 Å². The largest absolute Gasteiger partial charge is 0.428 e. The minimum atomic E-state index is 0.491. The Labute approximate surface area is 121 Å². The third kappa shape index (κ3) is 2.00. The van der Waals surface area contributed by atoms with Crippen LogP contribution in [0.15, 0.2) is 24.3 Å². The number of benzene rings is 1. The first-order chi connectivity index (χ1) is 9.59. The fourth-order valence-corrected chi connectivity index (χ4v) is 2.96. The van der Waals surface area contributed by atoms with E-state index in [-0.39, 0.29) is 0 Å². The van der Waals surface area contributed by atoms with Crippen molar-refractivity contribution in [3.05, 3.63) is 51.3 Å². The Morgan fingerprint density at radius 2 is 1.85 bits per heavy atom. The summed E-state index contributed by atoms with van der Waals surface area (Å²) in [5.74, 6) is 0. The molecular weight excluding hydrogens is 276 g/mol. The van der Waals surface area contributed by atoms with Crippen molar-refractivity contribution in [2.45, 2.75) is 32.6 Å². The smallest absolute Gasteiger partial charge is 0.292 e. The van der Waals surface area contributed by atoms with Crippen molar-refractivity contribution in [2.24, 2.45) is 0 Å². The molecular formula is C15H16ClN2O2+. The SMILES string of the molecule is Cc1c(-c2ccc(Cl)cc2)[n+](=O)c2c(n1O)CCCC2. The molecule has 104 valence electrons. The second kappa shape index (κ2) is 4.94. The van der Waals surface area contributed by atoms with Crippen LogP contribution in [0, 0.1) is 11.8 Å². The lowest BCUT2D eigenvalue weighted by Crippen LogP contribution is -2.33. The van der Waals surface area contributed by atoms with Crippen LogP contribution in [0.25, 0.3) is 11.3 Å². The monoisotopic (exact) mass is 291 g/mol. The molecule has 0 spiro atoms. The zero-order valence-corrected chi connectivity index (χ0v) is 12.0. The van der Waals surface area contributed by atoms with Crippen LogP contribution in [0.4, 0.5) is 0 Å². The molecule has 1 aromatic carbocycles. The summed E-state index contributed by atoms with van der Waals surface area (Å²) in [6.07, 6.45) is 3.45. The van der Waals surface area contributed by atoms with Crippen LogP contribution in [0.5, 0.6) is 0 Å². The van der Waals surface area contributed by atoms with Gasteiger partial charge < -0.3 is 5.21 Å². The third-order valence-corrected chi connectivity index (χ3v) is 4.14. The van der Waals surface area contributed by atoms with Crippen LogP contribution in [-0.2, 0) is 12.8 Å². The highest BCUT2D eigenvalue weighted by molar-refractivity contribution is 6.30. The van der Waals surface area contributed by atoms with Gasteiger partial charge in [-0.2, -0.15) is 4.73 Å². The van der Waals surface area contributed by atoms with Crippen LogP contribution >= 0.6 is 11.6 Å². The maximum atomic E-state index is 12.6. The summed E-state index contributed by atoms with van der Waals surface area (Å²) < 4.78 is 2.15. The van der Waals surface area contributed by atoms with Crippen LogP contribution in [0.1, 0.15) is 29.9 Å². The molecule has 0 saturated heterocycles. The van der Waals surface area contributed by atoms with E-state index in [2.05, 4.69) is 0 Å². The molecule has 0 saturated carbocycles. The lowest BCUT2D eigenvalue weighted by atomic mass is 9.99. The second-order valence-electron chi connectivity index (χ2n) is 5.15. The zero-order valence-electron chi connectivity index (χ0n) is 11.3. The summed E-state index contributed by atoms with van der Waals surface area (Å²) in [7, 11) is 0. The number of hydrogen-bond acceptors (Lipinski definition) is 2. The van der Waals surface area contributed by atoms with Crippen molar-refractivity contribution >= 4 is 11.6 Å². The predicted molar refractivity (Wildman–Crippen MR) is 76.8 cm³/mol. The average Bonchev–Trinajstić information content (AvgIpc) is 2.47. The van der Waals surface area contributed by atoms with Crippen molar-refractivity contribution in [3.8, 4) is 11.3 Å². The Balaban J connectivity index is 2.28.